The summed E-state index contributed by atoms with van der Waals surface area (Å²) in [6.07, 6.45) is 0. The van der Waals surface area contributed by atoms with E-state index in [1.807, 2.05) is 36.4 Å². The zero-order valence-corrected chi connectivity index (χ0v) is 17.5. The van der Waals surface area contributed by atoms with Gasteiger partial charge in [0.2, 0.25) is 0 Å². The first-order valence-corrected chi connectivity index (χ1v) is 9.83. The van der Waals surface area contributed by atoms with Crippen molar-refractivity contribution in [2.75, 3.05) is 5.32 Å². The lowest BCUT2D eigenvalue weighted by Crippen LogP contribution is -2.05. The Labute approximate surface area is 173 Å². The van der Waals surface area contributed by atoms with Gasteiger partial charge in [-0.25, -0.2) is 4.39 Å². The van der Waals surface area contributed by atoms with E-state index in [9.17, 15) is 4.39 Å². The molecule has 0 radical (unpaired) electrons. The van der Waals surface area contributed by atoms with Gasteiger partial charge in [-0.1, -0.05) is 57.9 Å². The van der Waals surface area contributed by atoms with E-state index in [2.05, 4.69) is 37.2 Å². The van der Waals surface area contributed by atoms with Gasteiger partial charge in [-0.15, -0.1) is 0 Å². The zero-order chi connectivity index (χ0) is 18.5. The molecule has 0 spiro atoms. The van der Waals surface area contributed by atoms with E-state index in [-0.39, 0.29) is 12.4 Å². The van der Waals surface area contributed by atoms with Crippen LogP contribution in [0.4, 0.5) is 10.1 Å². The number of hydrogen-bond donors (Lipinski definition) is 1. The van der Waals surface area contributed by atoms with Crippen molar-refractivity contribution >= 4 is 49.1 Å². The molecule has 3 aromatic rings. The number of rotatable bonds is 6. The second-order valence-electron chi connectivity index (χ2n) is 5.59. The molecule has 0 aliphatic rings. The third-order valence-electron chi connectivity index (χ3n) is 3.76. The molecule has 0 aliphatic carbocycles. The first-order chi connectivity index (χ1) is 12.5. The number of anilines is 1. The standard InChI is InChI=1S/C20H15Br2ClFNO/c21-15-9-14(11-25-19-8-4-2-6-17(19)23)20(16(22)10-15)26-12-13-5-1-3-7-18(13)24/h1-10,25H,11-12H2. The quantitative estimate of drug-likeness (QED) is 0.387. The number of nitrogens with one attached hydrogen (secondary N) is 1. The molecule has 1 N–H and O–H groups in total. The van der Waals surface area contributed by atoms with Crippen molar-refractivity contribution in [3.05, 3.63) is 91.6 Å². The van der Waals surface area contributed by atoms with Crippen LogP contribution in [0.25, 0.3) is 0 Å². The van der Waals surface area contributed by atoms with Gasteiger partial charge in [-0.2, -0.15) is 0 Å². The Kier molecular flexibility index (Phi) is 6.57. The summed E-state index contributed by atoms with van der Waals surface area (Å²) in [7, 11) is 0. The van der Waals surface area contributed by atoms with E-state index in [0.717, 1.165) is 20.2 Å². The molecule has 0 fully saturated rings. The maximum atomic E-state index is 13.8. The highest BCUT2D eigenvalue weighted by atomic mass is 79.9. The van der Waals surface area contributed by atoms with Crippen LogP contribution in [0.15, 0.2) is 69.6 Å². The summed E-state index contributed by atoms with van der Waals surface area (Å²) in [6.45, 7) is 0.653. The lowest BCUT2D eigenvalue weighted by molar-refractivity contribution is 0.295. The molecule has 0 aliphatic heterocycles. The Morgan fingerprint density at radius 1 is 0.962 bits per heavy atom. The summed E-state index contributed by atoms with van der Waals surface area (Å²) in [4.78, 5) is 0. The second-order valence-corrected chi connectivity index (χ2v) is 7.77. The zero-order valence-electron chi connectivity index (χ0n) is 13.6. The molecular weight excluding hydrogens is 484 g/mol. The maximum absolute atomic E-state index is 13.8. The normalized spacial score (nSPS) is 10.6. The minimum absolute atomic E-state index is 0.145. The Morgan fingerprint density at radius 2 is 1.69 bits per heavy atom. The molecule has 0 amide bonds. The molecule has 0 bridgehead atoms. The molecule has 0 saturated heterocycles. The fraction of sp³-hybridized carbons (Fsp3) is 0.100. The van der Waals surface area contributed by atoms with Crippen molar-refractivity contribution < 1.29 is 9.13 Å². The van der Waals surface area contributed by atoms with E-state index in [1.54, 1.807) is 18.2 Å². The van der Waals surface area contributed by atoms with E-state index in [0.29, 0.717) is 22.9 Å². The van der Waals surface area contributed by atoms with Gasteiger partial charge in [-0.3, -0.25) is 0 Å². The minimum atomic E-state index is -0.281. The molecule has 2 nitrogen and oxygen atoms in total. The molecule has 0 atom stereocenters. The summed E-state index contributed by atoms with van der Waals surface area (Å²) in [5.41, 5.74) is 2.26. The average molecular weight is 500 g/mol. The highest BCUT2D eigenvalue weighted by Crippen LogP contribution is 2.34. The molecule has 0 heterocycles. The highest BCUT2D eigenvalue weighted by Gasteiger charge is 2.12. The number of benzene rings is 3. The number of hydrogen-bond acceptors (Lipinski definition) is 2. The first-order valence-electron chi connectivity index (χ1n) is 7.87. The van der Waals surface area contributed by atoms with Crippen molar-refractivity contribution in [2.45, 2.75) is 13.2 Å². The predicted molar refractivity (Wildman–Crippen MR) is 111 cm³/mol. The highest BCUT2D eigenvalue weighted by molar-refractivity contribution is 9.11. The van der Waals surface area contributed by atoms with Gasteiger partial charge < -0.3 is 10.1 Å². The summed E-state index contributed by atoms with van der Waals surface area (Å²) < 4.78 is 21.5. The Hall–Kier alpha value is -1.56. The van der Waals surface area contributed by atoms with Crippen molar-refractivity contribution in [3.63, 3.8) is 0 Å². The van der Waals surface area contributed by atoms with Crippen LogP contribution < -0.4 is 10.1 Å². The minimum Gasteiger partial charge on any atom is -0.487 e. The molecule has 3 aromatic carbocycles. The molecule has 0 aromatic heterocycles. The number of halogens is 4. The smallest absolute Gasteiger partial charge is 0.139 e. The van der Waals surface area contributed by atoms with Crippen molar-refractivity contribution in [1.29, 1.82) is 0 Å². The Balaban J connectivity index is 1.81. The third-order valence-corrected chi connectivity index (χ3v) is 5.13. The summed E-state index contributed by atoms with van der Waals surface area (Å²) in [5.74, 6) is 0.382. The topological polar surface area (TPSA) is 21.3 Å². The molecule has 26 heavy (non-hydrogen) atoms. The van der Waals surface area contributed by atoms with Gasteiger partial charge in [0.1, 0.15) is 18.2 Å². The Morgan fingerprint density at radius 3 is 2.46 bits per heavy atom. The Bertz CT molecular complexity index is 920. The van der Waals surface area contributed by atoms with E-state index in [4.69, 9.17) is 16.3 Å². The second kappa shape index (κ2) is 8.89. The van der Waals surface area contributed by atoms with Gasteiger partial charge in [0, 0.05) is 22.1 Å². The molecule has 0 saturated carbocycles. The van der Waals surface area contributed by atoms with E-state index >= 15 is 0 Å². The van der Waals surface area contributed by atoms with Crippen molar-refractivity contribution in [2.24, 2.45) is 0 Å². The SMILES string of the molecule is Fc1ccccc1COc1c(Br)cc(Br)cc1CNc1ccccc1Cl. The van der Waals surface area contributed by atoms with Crippen LogP contribution in [0.5, 0.6) is 5.75 Å². The van der Waals surface area contributed by atoms with Crippen LogP contribution in [-0.4, -0.2) is 0 Å². The van der Waals surface area contributed by atoms with E-state index < -0.39 is 0 Å². The van der Waals surface area contributed by atoms with Crippen molar-refractivity contribution in [3.8, 4) is 5.75 Å². The van der Waals surface area contributed by atoms with Crippen LogP contribution in [-0.2, 0) is 13.2 Å². The van der Waals surface area contributed by atoms with Crippen LogP contribution in [0.1, 0.15) is 11.1 Å². The molecule has 0 unspecified atom stereocenters. The average Bonchev–Trinajstić information content (AvgIpc) is 2.61. The van der Waals surface area contributed by atoms with Crippen LogP contribution in [0.3, 0.4) is 0 Å². The lowest BCUT2D eigenvalue weighted by atomic mass is 10.2. The van der Waals surface area contributed by atoms with Crippen molar-refractivity contribution in [1.82, 2.24) is 0 Å². The number of ether oxygens (including phenoxy) is 1. The van der Waals surface area contributed by atoms with E-state index in [1.165, 1.54) is 6.07 Å². The lowest BCUT2D eigenvalue weighted by Gasteiger charge is -2.16. The van der Waals surface area contributed by atoms with Gasteiger partial charge in [0.05, 0.1) is 15.2 Å². The van der Waals surface area contributed by atoms with Crippen LogP contribution >= 0.6 is 43.5 Å². The fourth-order valence-electron chi connectivity index (χ4n) is 2.47. The van der Waals surface area contributed by atoms with Crippen LogP contribution in [0, 0.1) is 5.82 Å². The van der Waals surface area contributed by atoms with Gasteiger partial charge >= 0.3 is 0 Å². The maximum Gasteiger partial charge on any atom is 0.139 e. The fourth-order valence-corrected chi connectivity index (χ4v) is 4.10. The molecular formula is C20H15Br2ClFNO. The van der Waals surface area contributed by atoms with Gasteiger partial charge in [0.15, 0.2) is 0 Å². The summed E-state index contributed by atoms with van der Waals surface area (Å²) >= 11 is 13.2. The van der Waals surface area contributed by atoms with Crippen LogP contribution in [0.2, 0.25) is 5.02 Å². The van der Waals surface area contributed by atoms with Gasteiger partial charge in [0.25, 0.3) is 0 Å². The number of para-hydroxylation sites is 1. The monoisotopic (exact) mass is 497 g/mol. The predicted octanol–water partition coefficient (Wildman–Crippen LogP) is 7.20. The summed E-state index contributed by atoms with van der Waals surface area (Å²) in [6, 6.07) is 18.0. The first kappa shape index (κ1) is 19.2. The third kappa shape index (κ3) is 4.78. The summed E-state index contributed by atoms with van der Waals surface area (Å²) in [5, 5.41) is 3.95. The molecule has 6 heteroatoms. The van der Waals surface area contributed by atoms with Gasteiger partial charge in [-0.05, 0) is 46.3 Å². The largest absolute Gasteiger partial charge is 0.487 e. The molecule has 3 rings (SSSR count). The molecule has 134 valence electrons.